The summed E-state index contributed by atoms with van der Waals surface area (Å²) in [5.41, 5.74) is 6.43. The van der Waals surface area contributed by atoms with Gasteiger partial charge in [-0.25, -0.2) is 0 Å². The first-order valence-electron chi connectivity index (χ1n) is 7.13. The number of ether oxygens (including phenoxy) is 1. The summed E-state index contributed by atoms with van der Waals surface area (Å²) < 4.78 is 5.48. The number of hydrogen-bond acceptors (Lipinski definition) is 5. The fraction of sp³-hybridized carbons (Fsp3) is 0.667. The molecule has 4 N–H and O–H groups in total. The lowest BCUT2D eigenvalue weighted by atomic mass is 9.89. The molecule has 0 saturated carbocycles. The molecule has 0 aromatic carbocycles. The minimum Gasteiger partial charge on any atom is -0.476 e. The van der Waals surface area contributed by atoms with Crippen LogP contribution in [0.1, 0.15) is 40.5 Å². The number of nitrogens with zero attached hydrogens (tertiary/aromatic N) is 1. The van der Waals surface area contributed by atoms with E-state index in [-0.39, 0.29) is 5.41 Å². The zero-order valence-corrected chi connectivity index (χ0v) is 12.9. The summed E-state index contributed by atoms with van der Waals surface area (Å²) in [6.07, 6.45) is 1.23. The van der Waals surface area contributed by atoms with Crippen molar-refractivity contribution in [3.05, 3.63) is 12.1 Å². The maximum absolute atomic E-state index is 9.97. The normalized spacial score (nSPS) is 13.1. The Morgan fingerprint density at radius 2 is 2.10 bits per heavy atom. The van der Waals surface area contributed by atoms with Gasteiger partial charge in [0.15, 0.2) is 0 Å². The average Bonchev–Trinajstić information content (AvgIpc) is 2.34. The Kier molecular flexibility index (Phi) is 6.07. The smallest absolute Gasteiger partial charge is 0.239 e. The van der Waals surface area contributed by atoms with Crippen molar-refractivity contribution in [3.8, 4) is 5.88 Å². The first-order chi connectivity index (χ1) is 9.31. The lowest BCUT2D eigenvalue weighted by molar-refractivity contribution is 0.132. The summed E-state index contributed by atoms with van der Waals surface area (Å²) in [5.74, 6) is 1.11. The molecule has 5 nitrogen and oxygen atoms in total. The molecular weight excluding hydrogens is 254 g/mol. The number of nitrogens with two attached hydrogens (primary N) is 1. The molecule has 0 radical (unpaired) electrons. The van der Waals surface area contributed by atoms with Gasteiger partial charge in [0.1, 0.15) is 5.82 Å². The second kappa shape index (κ2) is 7.33. The van der Waals surface area contributed by atoms with Crippen LogP contribution in [-0.2, 0) is 0 Å². The van der Waals surface area contributed by atoms with E-state index in [9.17, 15) is 5.11 Å². The number of hydrogen-bond donors (Lipinski definition) is 3. The summed E-state index contributed by atoms with van der Waals surface area (Å²) in [6, 6.07) is 3.55. The maximum Gasteiger partial charge on any atom is 0.239 e. The van der Waals surface area contributed by atoms with Crippen LogP contribution < -0.4 is 15.8 Å². The van der Waals surface area contributed by atoms with Gasteiger partial charge in [0.25, 0.3) is 0 Å². The molecule has 0 aliphatic heterocycles. The number of anilines is 2. The second-order valence-electron chi connectivity index (χ2n) is 6.24. The zero-order chi connectivity index (χ0) is 15.2. The third-order valence-corrected chi connectivity index (χ3v) is 2.70. The Morgan fingerprint density at radius 3 is 2.70 bits per heavy atom. The van der Waals surface area contributed by atoms with E-state index < -0.39 is 6.10 Å². The van der Waals surface area contributed by atoms with Crippen LogP contribution in [-0.4, -0.2) is 29.3 Å². The predicted octanol–water partition coefficient (Wildman–Crippen LogP) is 2.66. The van der Waals surface area contributed by atoms with Gasteiger partial charge in [-0.05, 0) is 30.4 Å². The van der Waals surface area contributed by atoms with Crippen LogP contribution in [0.2, 0.25) is 0 Å². The Labute approximate surface area is 121 Å². The van der Waals surface area contributed by atoms with Crippen LogP contribution in [0.3, 0.4) is 0 Å². The molecule has 1 heterocycles. The van der Waals surface area contributed by atoms with E-state index in [4.69, 9.17) is 10.5 Å². The van der Waals surface area contributed by atoms with Crippen molar-refractivity contribution in [2.45, 2.75) is 46.6 Å². The molecule has 5 heteroatoms. The van der Waals surface area contributed by atoms with Crippen LogP contribution in [0.4, 0.5) is 11.5 Å². The second-order valence-corrected chi connectivity index (χ2v) is 6.24. The van der Waals surface area contributed by atoms with Crippen LogP contribution >= 0.6 is 0 Å². The van der Waals surface area contributed by atoms with Crippen LogP contribution in [0, 0.1) is 5.41 Å². The highest BCUT2D eigenvalue weighted by Gasteiger charge is 2.16. The molecule has 1 aromatic rings. The lowest BCUT2D eigenvalue weighted by Crippen LogP contribution is -2.25. The van der Waals surface area contributed by atoms with E-state index in [2.05, 4.69) is 31.1 Å². The molecular formula is C15H27N3O2. The molecule has 0 saturated heterocycles. The van der Waals surface area contributed by atoms with Crippen molar-refractivity contribution in [1.29, 1.82) is 0 Å². The van der Waals surface area contributed by atoms with Crippen molar-refractivity contribution < 1.29 is 9.84 Å². The highest BCUT2D eigenvalue weighted by Crippen LogP contribution is 2.23. The number of aliphatic hydroxyl groups is 1. The zero-order valence-electron chi connectivity index (χ0n) is 12.9. The third-order valence-electron chi connectivity index (χ3n) is 2.70. The van der Waals surface area contributed by atoms with E-state index in [1.54, 1.807) is 12.1 Å². The summed E-state index contributed by atoms with van der Waals surface area (Å²) in [7, 11) is 0. The van der Waals surface area contributed by atoms with Gasteiger partial charge in [0.2, 0.25) is 5.88 Å². The standard InChI is InChI=1S/C15H27N3O2/c1-5-8-20-14-12(16)6-7-13(18-14)17-10-11(19)9-15(2,3)4/h6-7,11,19H,5,8-10,16H2,1-4H3,(H,17,18). The number of rotatable bonds is 7. The fourth-order valence-corrected chi connectivity index (χ4v) is 1.87. The summed E-state index contributed by atoms with van der Waals surface area (Å²) in [6.45, 7) is 9.40. The van der Waals surface area contributed by atoms with E-state index >= 15 is 0 Å². The molecule has 20 heavy (non-hydrogen) atoms. The molecule has 0 bridgehead atoms. The Balaban J connectivity index is 2.55. The fourth-order valence-electron chi connectivity index (χ4n) is 1.87. The lowest BCUT2D eigenvalue weighted by Gasteiger charge is -2.22. The SMILES string of the molecule is CCCOc1nc(NCC(O)CC(C)(C)C)ccc1N. The first kappa shape index (κ1) is 16.6. The monoisotopic (exact) mass is 281 g/mol. The average molecular weight is 281 g/mol. The van der Waals surface area contributed by atoms with Gasteiger partial charge in [0, 0.05) is 6.54 Å². The van der Waals surface area contributed by atoms with E-state index in [1.807, 2.05) is 6.92 Å². The molecule has 0 aliphatic rings. The number of pyridine rings is 1. The van der Waals surface area contributed by atoms with Gasteiger partial charge < -0.3 is 20.9 Å². The third kappa shape index (κ3) is 6.10. The minimum absolute atomic E-state index is 0.102. The van der Waals surface area contributed by atoms with Crippen molar-refractivity contribution >= 4 is 11.5 Å². The first-order valence-corrected chi connectivity index (χ1v) is 7.13. The Morgan fingerprint density at radius 1 is 1.40 bits per heavy atom. The molecule has 0 aliphatic carbocycles. The molecule has 0 amide bonds. The molecule has 1 rings (SSSR count). The van der Waals surface area contributed by atoms with Crippen molar-refractivity contribution in [2.75, 3.05) is 24.2 Å². The highest BCUT2D eigenvalue weighted by molar-refractivity contribution is 5.53. The highest BCUT2D eigenvalue weighted by atomic mass is 16.5. The van der Waals surface area contributed by atoms with Gasteiger partial charge in [-0.15, -0.1) is 0 Å². The Bertz CT molecular complexity index is 416. The largest absolute Gasteiger partial charge is 0.476 e. The van der Waals surface area contributed by atoms with Crippen LogP contribution in [0.25, 0.3) is 0 Å². The van der Waals surface area contributed by atoms with Crippen molar-refractivity contribution in [3.63, 3.8) is 0 Å². The topological polar surface area (TPSA) is 80.4 Å². The van der Waals surface area contributed by atoms with Crippen molar-refractivity contribution in [1.82, 2.24) is 4.98 Å². The molecule has 1 atom stereocenters. The molecule has 1 unspecified atom stereocenters. The maximum atomic E-state index is 9.97. The molecule has 114 valence electrons. The molecule has 0 fully saturated rings. The molecule has 1 aromatic heterocycles. The predicted molar refractivity (Wildman–Crippen MR) is 83.0 cm³/mol. The minimum atomic E-state index is -0.408. The summed E-state index contributed by atoms with van der Waals surface area (Å²) in [5, 5.41) is 13.1. The van der Waals surface area contributed by atoms with Crippen LogP contribution in [0.5, 0.6) is 5.88 Å². The van der Waals surface area contributed by atoms with Gasteiger partial charge in [-0.1, -0.05) is 27.7 Å². The van der Waals surface area contributed by atoms with Gasteiger partial charge >= 0.3 is 0 Å². The number of nitrogen functional groups attached to an aromatic ring is 1. The van der Waals surface area contributed by atoms with Crippen LogP contribution in [0.15, 0.2) is 12.1 Å². The van der Waals surface area contributed by atoms with Crippen molar-refractivity contribution in [2.24, 2.45) is 5.41 Å². The summed E-state index contributed by atoms with van der Waals surface area (Å²) >= 11 is 0. The van der Waals surface area contributed by atoms with E-state index in [1.165, 1.54) is 0 Å². The number of aliphatic hydroxyl groups excluding tert-OH is 1. The van der Waals surface area contributed by atoms with E-state index in [0.29, 0.717) is 30.5 Å². The van der Waals surface area contributed by atoms with Gasteiger partial charge in [-0.3, -0.25) is 0 Å². The number of aromatic nitrogens is 1. The quantitative estimate of drug-likeness (QED) is 0.716. The van der Waals surface area contributed by atoms with Gasteiger partial charge in [-0.2, -0.15) is 4.98 Å². The van der Waals surface area contributed by atoms with Gasteiger partial charge in [0.05, 0.1) is 18.4 Å². The molecule has 0 spiro atoms. The number of nitrogens with one attached hydrogen (secondary N) is 1. The summed E-state index contributed by atoms with van der Waals surface area (Å²) in [4.78, 5) is 4.31. The van der Waals surface area contributed by atoms with E-state index in [0.717, 1.165) is 12.8 Å². The Hall–Kier alpha value is -1.49.